The predicted molar refractivity (Wildman–Crippen MR) is 75.4 cm³/mol. The first-order valence-corrected chi connectivity index (χ1v) is 9.35. The normalized spacial score (nSPS) is 21.1. The maximum atomic E-state index is 12.6. The van der Waals surface area contributed by atoms with E-state index in [2.05, 4.69) is 4.18 Å². The first kappa shape index (κ1) is 17.8. The van der Waals surface area contributed by atoms with E-state index in [4.69, 9.17) is 0 Å². The number of hydrogen-bond acceptors (Lipinski definition) is 3. The summed E-state index contributed by atoms with van der Waals surface area (Å²) in [5, 5.41) is 0. The summed E-state index contributed by atoms with van der Waals surface area (Å²) < 4.78 is 51.2. The zero-order valence-corrected chi connectivity index (χ0v) is 13.1. The van der Waals surface area contributed by atoms with Gasteiger partial charge in [-0.1, -0.05) is 44.9 Å². The fourth-order valence-electron chi connectivity index (χ4n) is 2.35. The van der Waals surface area contributed by atoms with Crippen molar-refractivity contribution in [3.63, 3.8) is 0 Å². The van der Waals surface area contributed by atoms with Crippen LogP contribution in [0.2, 0.25) is 0 Å². The topological polar surface area (TPSA) is 43.4 Å². The molecule has 1 rings (SSSR count). The fourth-order valence-corrected chi connectivity index (χ4v) is 2.77. The minimum absolute atomic E-state index is 0.0998. The van der Waals surface area contributed by atoms with Gasteiger partial charge in [-0.25, -0.2) is 8.78 Å². The largest absolute Gasteiger partial charge is 0.270 e. The number of hydrogen-bond donors (Lipinski definition) is 0. The van der Waals surface area contributed by atoms with Crippen LogP contribution in [0.5, 0.6) is 0 Å². The minimum atomic E-state index is -3.30. The van der Waals surface area contributed by atoms with Crippen molar-refractivity contribution in [3.05, 3.63) is 0 Å². The Morgan fingerprint density at radius 2 is 1.45 bits per heavy atom. The molecule has 0 amide bonds. The average Bonchev–Trinajstić information content (AvgIpc) is 2.92. The van der Waals surface area contributed by atoms with E-state index in [0.717, 1.165) is 57.6 Å². The van der Waals surface area contributed by atoms with Gasteiger partial charge in [0, 0.05) is 12.3 Å². The highest BCUT2D eigenvalue weighted by atomic mass is 32.2. The third-order valence-corrected chi connectivity index (χ3v) is 4.29. The lowest BCUT2D eigenvalue weighted by Gasteiger charge is -2.03. The van der Waals surface area contributed by atoms with Crippen LogP contribution in [0.4, 0.5) is 8.78 Å². The summed E-state index contributed by atoms with van der Waals surface area (Å²) in [6, 6.07) is 0. The van der Waals surface area contributed by atoms with Crippen LogP contribution in [0, 0.1) is 5.92 Å². The third-order valence-electron chi connectivity index (χ3n) is 3.70. The Balaban J connectivity index is 1.75. The molecule has 0 radical (unpaired) electrons. The Bertz CT molecular complexity index is 369. The van der Waals surface area contributed by atoms with Crippen molar-refractivity contribution in [2.75, 3.05) is 12.9 Å². The molecule has 0 aliphatic heterocycles. The van der Waals surface area contributed by atoms with Gasteiger partial charge in [0.2, 0.25) is 0 Å². The molecule has 20 heavy (non-hydrogen) atoms. The van der Waals surface area contributed by atoms with Gasteiger partial charge in [-0.05, 0) is 12.8 Å². The summed E-state index contributed by atoms with van der Waals surface area (Å²) >= 11 is 0. The number of halogens is 2. The standard InChI is InChI=1S/C14H26F2O3S/c1-20(17,18)19-11-9-7-5-3-2-4-6-8-10-13-12-14(13,15)16/h13H,2-12H2,1H3. The molecule has 120 valence electrons. The van der Waals surface area contributed by atoms with Crippen LogP contribution < -0.4 is 0 Å². The van der Waals surface area contributed by atoms with E-state index in [1.807, 2.05) is 0 Å². The second-order valence-corrected chi connectivity index (χ2v) is 7.45. The van der Waals surface area contributed by atoms with Crippen LogP contribution in [0.15, 0.2) is 0 Å². The Kier molecular flexibility index (Phi) is 7.37. The molecule has 0 saturated heterocycles. The van der Waals surface area contributed by atoms with Crippen LogP contribution >= 0.6 is 0 Å². The smallest absolute Gasteiger partial charge is 0.264 e. The van der Waals surface area contributed by atoms with Crippen molar-refractivity contribution >= 4 is 10.1 Å². The quantitative estimate of drug-likeness (QED) is 0.402. The molecule has 0 aromatic carbocycles. The molecule has 1 unspecified atom stereocenters. The van der Waals surface area contributed by atoms with Gasteiger partial charge in [-0.2, -0.15) is 8.42 Å². The van der Waals surface area contributed by atoms with Crippen molar-refractivity contribution in [1.29, 1.82) is 0 Å². The van der Waals surface area contributed by atoms with Gasteiger partial charge in [0.25, 0.3) is 16.0 Å². The molecule has 0 heterocycles. The lowest BCUT2D eigenvalue weighted by molar-refractivity contribution is 0.0964. The first-order valence-electron chi connectivity index (χ1n) is 7.53. The van der Waals surface area contributed by atoms with E-state index in [-0.39, 0.29) is 18.9 Å². The summed E-state index contributed by atoms with van der Waals surface area (Å²) in [5.74, 6) is -2.69. The van der Waals surface area contributed by atoms with Crippen molar-refractivity contribution in [2.24, 2.45) is 5.92 Å². The maximum Gasteiger partial charge on any atom is 0.264 e. The molecular weight excluding hydrogens is 286 g/mol. The molecule has 0 bridgehead atoms. The van der Waals surface area contributed by atoms with Gasteiger partial charge in [-0.15, -0.1) is 0 Å². The van der Waals surface area contributed by atoms with Gasteiger partial charge in [0.15, 0.2) is 0 Å². The Labute approximate surface area is 121 Å². The molecule has 0 spiro atoms. The highest BCUT2D eigenvalue weighted by molar-refractivity contribution is 7.85. The Morgan fingerprint density at radius 1 is 1.00 bits per heavy atom. The molecule has 3 nitrogen and oxygen atoms in total. The zero-order valence-electron chi connectivity index (χ0n) is 12.2. The minimum Gasteiger partial charge on any atom is -0.270 e. The van der Waals surface area contributed by atoms with Crippen molar-refractivity contribution in [2.45, 2.75) is 70.1 Å². The second-order valence-electron chi connectivity index (χ2n) is 5.81. The van der Waals surface area contributed by atoms with E-state index in [9.17, 15) is 17.2 Å². The molecule has 0 N–H and O–H groups in total. The van der Waals surface area contributed by atoms with E-state index in [1.54, 1.807) is 0 Å². The molecule has 6 heteroatoms. The summed E-state index contributed by atoms with van der Waals surface area (Å²) in [6.07, 6.45) is 9.99. The van der Waals surface area contributed by atoms with Crippen molar-refractivity contribution < 1.29 is 21.4 Å². The second kappa shape index (κ2) is 8.27. The monoisotopic (exact) mass is 312 g/mol. The molecule has 0 aromatic heterocycles. The Morgan fingerprint density at radius 3 is 1.90 bits per heavy atom. The molecule has 1 aliphatic carbocycles. The molecule has 0 aromatic rings. The first-order chi connectivity index (χ1) is 9.31. The van der Waals surface area contributed by atoms with E-state index >= 15 is 0 Å². The highest BCUT2D eigenvalue weighted by Crippen LogP contribution is 2.51. The number of rotatable bonds is 12. The van der Waals surface area contributed by atoms with Gasteiger partial charge < -0.3 is 0 Å². The lowest BCUT2D eigenvalue weighted by Crippen LogP contribution is -2.03. The molecular formula is C14H26F2O3S. The van der Waals surface area contributed by atoms with Gasteiger partial charge in [-0.3, -0.25) is 4.18 Å². The van der Waals surface area contributed by atoms with Crippen LogP contribution in [0.3, 0.4) is 0 Å². The summed E-state index contributed by atoms with van der Waals surface area (Å²) in [4.78, 5) is 0. The van der Waals surface area contributed by atoms with Gasteiger partial charge in [0.1, 0.15) is 0 Å². The van der Waals surface area contributed by atoms with Crippen LogP contribution in [0.25, 0.3) is 0 Å². The van der Waals surface area contributed by atoms with Gasteiger partial charge >= 0.3 is 0 Å². The van der Waals surface area contributed by atoms with Crippen LogP contribution in [-0.4, -0.2) is 27.2 Å². The molecule has 1 fully saturated rings. The fraction of sp³-hybridized carbons (Fsp3) is 1.00. The molecule has 1 aliphatic rings. The lowest BCUT2D eigenvalue weighted by atomic mass is 10.1. The molecule has 1 saturated carbocycles. The average molecular weight is 312 g/mol. The van der Waals surface area contributed by atoms with Crippen LogP contribution in [0.1, 0.15) is 64.2 Å². The van der Waals surface area contributed by atoms with E-state index < -0.39 is 16.0 Å². The zero-order chi connectivity index (χ0) is 15.1. The predicted octanol–water partition coefficient (Wildman–Crippen LogP) is 4.13. The van der Waals surface area contributed by atoms with E-state index in [0.29, 0.717) is 6.42 Å². The highest BCUT2D eigenvalue weighted by Gasteiger charge is 2.55. The van der Waals surface area contributed by atoms with Crippen LogP contribution in [-0.2, 0) is 14.3 Å². The maximum absolute atomic E-state index is 12.6. The third kappa shape index (κ3) is 8.84. The Hall–Kier alpha value is -0.230. The number of alkyl halides is 2. The summed E-state index contributed by atoms with van der Waals surface area (Å²) in [6.45, 7) is 0.272. The SMILES string of the molecule is CS(=O)(=O)OCCCCCCCCCCC1CC1(F)F. The summed E-state index contributed by atoms with van der Waals surface area (Å²) in [5.41, 5.74) is 0. The molecule has 1 atom stereocenters. The van der Waals surface area contributed by atoms with Gasteiger partial charge in [0.05, 0.1) is 12.9 Å². The van der Waals surface area contributed by atoms with Crippen molar-refractivity contribution in [1.82, 2.24) is 0 Å². The van der Waals surface area contributed by atoms with Crippen molar-refractivity contribution in [3.8, 4) is 0 Å². The van der Waals surface area contributed by atoms with E-state index in [1.165, 1.54) is 0 Å². The number of unbranched alkanes of at least 4 members (excludes halogenated alkanes) is 7. The summed E-state index contributed by atoms with van der Waals surface area (Å²) in [7, 11) is -3.30.